The summed E-state index contributed by atoms with van der Waals surface area (Å²) in [6, 6.07) is 11.8. The molecule has 29 heavy (non-hydrogen) atoms. The third kappa shape index (κ3) is 4.82. The lowest BCUT2D eigenvalue weighted by Crippen LogP contribution is -2.36. The number of carbonyl (C=O) groups is 1. The van der Waals surface area contributed by atoms with Crippen LogP contribution in [0.25, 0.3) is 11.5 Å². The molecule has 1 aromatic heterocycles. The lowest BCUT2D eigenvalue weighted by molar-refractivity contribution is -0.137. The van der Waals surface area contributed by atoms with Gasteiger partial charge in [0.1, 0.15) is 0 Å². The zero-order valence-electron chi connectivity index (χ0n) is 16.2. The minimum Gasteiger partial charge on any atom is -0.351 e. The van der Waals surface area contributed by atoms with Crippen LogP contribution >= 0.6 is 0 Å². The summed E-state index contributed by atoms with van der Waals surface area (Å²) in [5.41, 5.74) is 0.213. The molecular weight excluding hydrogens is 383 g/mol. The van der Waals surface area contributed by atoms with Crippen LogP contribution in [0.2, 0.25) is 0 Å². The first-order valence-electron chi connectivity index (χ1n) is 8.93. The van der Waals surface area contributed by atoms with Crippen LogP contribution in [0.5, 0.6) is 0 Å². The first kappa shape index (κ1) is 20.6. The summed E-state index contributed by atoms with van der Waals surface area (Å²) in [7, 11) is 0. The highest BCUT2D eigenvalue weighted by atomic mass is 19.4. The smallest absolute Gasteiger partial charge is 0.351 e. The number of nitrogens with one attached hydrogen (secondary N) is 1. The number of aryl methyl sites for hydroxylation is 1. The molecule has 0 aliphatic carbocycles. The van der Waals surface area contributed by atoms with Crippen LogP contribution in [0.4, 0.5) is 13.2 Å². The van der Waals surface area contributed by atoms with Gasteiger partial charge in [0.05, 0.1) is 5.56 Å². The molecule has 0 spiro atoms. The lowest BCUT2D eigenvalue weighted by Gasteiger charge is -2.26. The van der Waals surface area contributed by atoms with Gasteiger partial charge in [-0.1, -0.05) is 37.2 Å². The number of carbonyl (C=O) groups excluding carboxylic acids is 1. The van der Waals surface area contributed by atoms with Gasteiger partial charge in [-0.25, -0.2) is 0 Å². The first-order chi connectivity index (χ1) is 13.6. The Labute approximate surface area is 165 Å². The van der Waals surface area contributed by atoms with Crippen LogP contribution in [0.1, 0.15) is 41.2 Å². The van der Waals surface area contributed by atoms with Gasteiger partial charge < -0.3 is 9.84 Å². The molecule has 3 aromatic rings. The number of amides is 1. The summed E-state index contributed by atoms with van der Waals surface area (Å²) in [6.45, 7) is 5.45. The normalized spacial score (nSPS) is 12.1. The molecule has 2 aromatic carbocycles. The zero-order valence-corrected chi connectivity index (χ0v) is 16.2. The van der Waals surface area contributed by atoms with Gasteiger partial charge in [0.2, 0.25) is 0 Å². The van der Waals surface area contributed by atoms with E-state index in [0.29, 0.717) is 28.4 Å². The number of hydrogen-bond acceptors (Lipinski definition) is 4. The average molecular weight is 403 g/mol. The third-order valence-electron chi connectivity index (χ3n) is 4.58. The van der Waals surface area contributed by atoms with E-state index in [1.54, 1.807) is 51.1 Å². The highest BCUT2D eigenvalue weighted by Crippen LogP contribution is 2.32. The largest absolute Gasteiger partial charge is 0.416 e. The predicted octanol–water partition coefficient (Wildman–Crippen LogP) is 4.77. The number of hydrogen-bond donors (Lipinski definition) is 1. The Hall–Kier alpha value is -3.16. The van der Waals surface area contributed by atoms with E-state index >= 15 is 0 Å². The van der Waals surface area contributed by atoms with Gasteiger partial charge in [-0.2, -0.15) is 18.2 Å². The molecule has 5 nitrogen and oxygen atoms in total. The summed E-state index contributed by atoms with van der Waals surface area (Å²) in [5.74, 6) is 0.553. The fraction of sp³-hybridized carbons (Fsp3) is 0.286. The zero-order chi connectivity index (χ0) is 21.2. The Morgan fingerprint density at radius 2 is 1.72 bits per heavy atom. The van der Waals surface area contributed by atoms with Crippen molar-refractivity contribution in [2.24, 2.45) is 0 Å². The summed E-state index contributed by atoms with van der Waals surface area (Å²) >= 11 is 0. The van der Waals surface area contributed by atoms with Crippen molar-refractivity contribution in [2.75, 3.05) is 6.54 Å². The number of halogens is 3. The molecule has 0 saturated carbocycles. The second kappa shape index (κ2) is 7.69. The predicted molar refractivity (Wildman–Crippen MR) is 101 cm³/mol. The van der Waals surface area contributed by atoms with Gasteiger partial charge in [-0.05, 0) is 42.8 Å². The molecule has 1 N–H and O–H groups in total. The van der Waals surface area contributed by atoms with E-state index in [4.69, 9.17) is 4.52 Å². The molecule has 0 unspecified atom stereocenters. The van der Waals surface area contributed by atoms with Gasteiger partial charge in [0.25, 0.3) is 11.8 Å². The van der Waals surface area contributed by atoms with E-state index < -0.39 is 17.2 Å². The molecule has 0 aliphatic rings. The Bertz CT molecular complexity index is 1010. The van der Waals surface area contributed by atoms with Gasteiger partial charge in [-0.3, -0.25) is 4.79 Å². The van der Waals surface area contributed by atoms with Crippen LogP contribution in [0, 0.1) is 6.92 Å². The first-order valence-corrected chi connectivity index (χ1v) is 8.93. The van der Waals surface area contributed by atoms with Crippen molar-refractivity contribution in [3.8, 4) is 11.5 Å². The summed E-state index contributed by atoms with van der Waals surface area (Å²) < 4.78 is 44.0. The maximum atomic E-state index is 13.0. The SMILES string of the molecule is Cc1noc(-c2ccc(C(=O)NCC(C)(C)c3cccc(C(F)(F)F)c3)cc2)n1. The number of benzene rings is 2. The molecule has 0 fully saturated rings. The van der Waals surface area contributed by atoms with Gasteiger partial charge in [-0.15, -0.1) is 0 Å². The fourth-order valence-corrected chi connectivity index (χ4v) is 2.80. The Balaban J connectivity index is 1.68. The van der Waals surface area contributed by atoms with Crippen LogP contribution in [0.15, 0.2) is 53.1 Å². The van der Waals surface area contributed by atoms with Gasteiger partial charge >= 0.3 is 6.18 Å². The molecule has 0 radical (unpaired) electrons. The van der Waals surface area contributed by atoms with Crippen molar-refractivity contribution in [1.29, 1.82) is 0 Å². The Kier molecular flexibility index (Phi) is 5.46. The van der Waals surface area contributed by atoms with Crippen molar-refractivity contribution in [1.82, 2.24) is 15.5 Å². The van der Waals surface area contributed by atoms with Gasteiger partial charge in [0, 0.05) is 23.1 Å². The van der Waals surface area contributed by atoms with E-state index in [1.165, 1.54) is 6.07 Å². The van der Waals surface area contributed by atoms with Crippen molar-refractivity contribution in [2.45, 2.75) is 32.4 Å². The maximum Gasteiger partial charge on any atom is 0.416 e. The molecular formula is C21H20F3N3O2. The monoisotopic (exact) mass is 403 g/mol. The van der Waals surface area contributed by atoms with E-state index in [1.807, 2.05) is 0 Å². The van der Waals surface area contributed by atoms with E-state index in [-0.39, 0.29) is 12.5 Å². The highest BCUT2D eigenvalue weighted by molar-refractivity contribution is 5.94. The van der Waals surface area contributed by atoms with Crippen LogP contribution in [0.3, 0.4) is 0 Å². The number of rotatable bonds is 5. The quantitative estimate of drug-likeness (QED) is 0.666. The molecule has 3 rings (SSSR count). The molecule has 0 bridgehead atoms. The molecule has 0 aliphatic heterocycles. The van der Waals surface area contributed by atoms with E-state index in [2.05, 4.69) is 15.5 Å². The molecule has 8 heteroatoms. The van der Waals surface area contributed by atoms with E-state index in [9.17, 15) is 18.0 Å². The molecule has 1 heterocycles. The average Bonchev–Trinajstić information content (AvgIpc) is 3.12. The van der Waals surface area contributed by atoms with E-state index in [0.717, 1.165) is 12.1 Å². The van der Waals surface area contributed by atoms with Crippen LogP contribution < -0.4 is 5.32 Å². The lowest BCUT2D eigenvalue weighted by atomic mass is 9.83. The second-order valence-electron chi connectivity index (χ2n) is 7.37. The second-order valence-corrected chi connectivity index (χ2v) is 7.37. The summed E-state index contributed by atoms with van der Waals surface area (Å²) in [4.78, 5) is 16.6. The Morgan fingerprint density at radius 3 is 2.31 bits per heavy atom. The minimum absolute atomic E-state index is 0.178. The van der Waals surface area contributed by atoms with Crippen molar-refractivity contribution in [3.05, 3.63) is 71.0 Å². The minimum atomic E-state index is -4.41. The summed E-state index contributed by atoms with van der Waals surface area (Å²) in [6.07, 6.45) is -4.41. The van der Waals surface area contributed by atoms with Crippen molar-refractivity contribution < 1.29 is 22.5 Å². The van der Waals surface area contributed by atoms with Gasteiger partial charge in [0.15, 0.2) is 5.82 Å². The van der Waals surface area contributed by atoms with Crippen molar-refractivity contribution >= 4 is 5.91 Å². The van der Waals surface area contributed by atoms with Crippen LogP contribution in [-0.4, -0.2) is 22.6 Å². The van der Waals surface area contributed by atoms with Crippen molar-refractivity contribution in [3.63, 3.8) is 0 Å². The highest BCUT2D eigenvalue weighted by Gasteiger charge is 2.32. The number of aromatic nitrogens is 2. The Morgan fingerprint density at radius 1 is 1.07 bits per heavy atom. The molecule has 152 valence electrons. The topological polar surface area (TPSA) is 68.0 Å². The molecule has 0 saturated heterocycles. The molecule has 1 amide bonds. The maximum absolute atomic E-state index is 13.0. The fourth-order valence-electron chi connectivity index (χ4n) is 2.80. The number of alkyl halides is 3. The van der Waals surface area contributed by atoms with Crippen LogP contribution in [-0.2, 0) is 11.6 Å². The third-order valence-corrected chi connectivity index (χ3v) is 4.58. The molecule has 0 atom stereocenters. The summed E-state index contributed by atoms with van der Waals surface area (Å²) in [5, 5.41) is 6.51. The standard InChI is InChI=1S/C21H20F3N3O2/c1-13-26-19(29-27-13)15-9-7-14(8-10-15)18(28)25-12-20(2,3)16-5-4-6-17(11-16)21(22,23)24/h4-11H,12H2,1-3H3,(H,25,28). The number of nitrogens with zero attached hydrogens (tertiary/aromatic N) is 2.